The molecule has 24 heteroatoms. The number of halogens is 7. The lowest BCUT2D eigenvalue weighted by Gasteiger charge is -2.14. The number of aromatic nitrogens is 8. The number of nitrogens with zero attached hydrogens (tertiary/aromatic N) is 8. The molecule has 17 nitrogen and oxygen atoms in total. The van der Waals surface area contributed by atoms with E-state index < -0.39 is 23.5 Å². The van der Waals surface area contributed by atoms with Crippen LogP contribution in [0.2, 0.25) is 5.02 Å². The second kappa shape index (κ2) is 25.7. The third-order valence-electron chi connectivity index (χ3n) is 11.3. The molecule has 4 aromatic carbocycles. The fourth-order valence-corrected chi connectivity index (χ4v) is 7.89. The minimum absolute atomic E-state index is 0.0509. The van der Waals surface area contributed by atoms with Gasteiger partial charge in [-0.1, -0.05) is 101 Å². The van der Waals surface area contributed by atoms with E-state index in [1.165, 1.54) is 24.3 Å². The van der Waals surface area contributed by atoms with Crippen LogP contribution in [0.3, 0.4) is 0 Å². The van der Waals surface area contributed by atoms with Crippen molar-refractivity contribution in [2.75, 3.05) is 53.0 Å². The highest BCUT2D eigenvalue weighted by molar-refractivity contribution is 6.30. The van der Waals surface area contributed by atoms with Crippen LogP contribution in [-0.2, 0) is 31.6 Å². The number of anilines is 8. The van der Waals surface area contributed by atoms with Gasteiger partial charge >= 0.3 is 12.4 Å². The fraction of sp³-hybridized carbons (Fsp3) is 0.245. The van der Waals surface area contributed by atoms with Crippen molar-refractivity contribution in [3.63, 3.8) is 0 Å². The summed E-state index contributed by atoms with van der Waals surface area (Å²) in [6, 6.07) is 24.5. The predicted molar refractivity (Wildman–Crippen MR) is 294 cm³/mol. The summed E-state index contributed by atoms with van der Waals surface area (Å²) in [4.78, 5) is 32.5. The molecule has 4 aromatic heterocycles. The summed E-state index contributed by atoms with van der Waals surface area (Å²) in [6.45, 7) is 9.91. The van der Waals surface area contributed by atoms with Crippen LogP contribution in [0.4, 0.5) is 73.4 Å². The Balaban J connectivity index is 0.000000190. The summed E-state index contributed by atoms with van der Waals surface area (Å²) in [5.74, 6) is 2.67. The van der Waals surface area contributed by atoms with Gasteiger partial charge in [0.25, 0.3) is 0 Å². The minimum atomic E-state index is -4.37. The molecule has 0 bridgehead atoms. The Bertz CT molecular complexity index is 3250. The number of nitrogen functional groups attached to an aromatic ring is 8. The van der Waals surface area contributed by atoms with Gasteiger partial charge in [0, 0.05) is 27.3 Å². The number of aryl methyl sites for hydroxylation is 3. The van der Waals surface area contributed by atoms with E-state index in [9.17, 15) is 26.3 Å². The second-order valence-corrected chi connectivity index (χ2v) is 17.5. The Labute approximate surface area is 445 Å². The highest BCUT2D eigenvalue weighted by atomic mass is 35.5. The van der Waals surface area contributed by atoms with Crippen LogP contribution in [0.1, 0.15) is 80.9 Å². The van der Waals surface area contributed by atoms with Gasteiger partial charge in [-0.3, -0.25) is 0 Å². The molecule has 8 rings (SSSR count). The van der Waals surface area contributed by atoms with Crippen LogP contribution in [0.15, 0.2) is 97.1 Å². The molecule has 0 aliphatic rings. The van der Waals surface area contributed by atoms with Crippen molar-refractivity contribution in [3.8, 4) is 50.3 Å². The summed E-state index contributed by atoms with van der Waals surface area (Å²) in [7, 11) is 1.63. The summed E-state index contributed by atoms with van der Waals surface area (Å²) in [5.41, 5.74) is 53.1. The summed E-state index contributed by atoms with van der Waals surface area (Å²) in [5, 5.41) is 0.680. The van der Waals surface area contributed by atoms with Gasteiger partial charge in [-0.15, -0.1) is 0 Å². The maximum atomic E-state index is 12.6. The number of ether oxygens (including phenoxy) is 1. The van der Waals surface area contributed by atoms with E-state index in [1.807, 2.05) is 83.1 Å². The molecule has 0 radical (unpaired) electrons. The summed E-state index contributed by atoms with van der Waals surface area (Å²) < 4.78 is 80.5. The number of nitrogens with two attached hydrogens (primary N) is 8. The number of alkyl halides is 6. The van der Waals surface area contributed by atoms with Gasteiger partial charge in [-0.05, 0) is 96.0 Å². The highest BCUT2D eigenvalue weighted by Crippen LogP contribution is 2.37. The average Bonchev–Trinajstić information content (AvgIpc) is 3.36. The standard InChI is InChI=1S/C14H15F3N4.C13H15ClN4.C13H13F3N4.C13H16N4O/c1-2-3-10-11(12(18)21-13(19)20-10)8-4-6-9(7-5-8)14(15,16)17;1-7(2)11-10(12(15)18-13(16)17-11)8-3-5-9(14)6-4-8;1-2-9-10(11(17)20-12(18)19-9)7-3-5-8(6-4-7)13(14,15)16;1-3-10-11(12(14)17-13(15)16-10)8-4-6-9(18-2)7-5-8/h4-7H,2-3H2,1H3,(H4,18,19,20,21);3-7H,1-2H3,(H4,15,16,17,18);3-6H,2H2,1H3,(H4,17,18,19,20);4-7H,3H2,1-2H3,(H4,14,15,16,17). The van der Waals surface area contributed by atoms with Crippen LogP contribution in [-0.4, -0.2) is 47.0 Å². The molecule has 0 atom stereocenters. The van der Waals surface area contributed by atoms with Gasteiger partial charge in [-0.25, -0.2) is 19.9 Å². The zero-order valence-corrected chi connectivity index (χ0v) is 43.6. The molecule has 4 heterocycles. The molecule has 8 aromatic rings. The number of hydrogen-bond acceptors (Lipinski definition) is 17. The van der Waals surface area contributed by atoms with Crippen molar-refractivity contribution in [2.24, 2.45) is 0 Å². The van der Waals surface area contributed by atoms with Crippen molar-refractivity contribution in [3.05, 3.63) is 136 Å². The molecule has 0 saturated carbocycles. The third-order valence-corrected chi connectivity index (χ3v) is 11.5. The van der Waals surface area contributed by atoms with E-state index in [0.29, 0.717) is 63.1 Å². The molecule has 0 spiro atoms. The lowest BCUT2D eigenvalue weighted by Crippen LogP contribution is -2.07. The number of methoxy groups -OCH3 is 1. The second-order valence-electron chi connectivity index (χ2n) is 17.1. The minimum Gasteiger partial charge on any atom is -0.497 e. The van der Waals surface area contributed by atoms with Gasteiger partial charge in [0.05, 0.1) is 41.0 Å². The lowest BCUT2D eigenvalue weighted by molar-refractivity contribution is -0.138. The Hall–Kier alpha value is -8.73. The average molecular weight is 1090 g/mol. The van der Waals surface area contributed by atoms with Crippen molar-refractivity contribution in [1.29, 1.82) is 0 Å². The lowest BCUT2D eigenvalue weighted by atomic mass is 9.98. The Morgan fingerprint density at radius 2 is 0.753 bits per heavy atom. The van der Waals surface area contributed by atoms with E-state index in [2.05, 4.69) is 39.9 Å². The quantitative estimate of drug-likeness (QED) is 0.0590. The predicted octanol–water partition coefficient (Wildman–Crippen LogP) is 11.1. The van der Waals surface area contributed by atoms with Crippen LogP contribution in [0.25, 0.3) is 44.5 Å². The largest absolute Gasteiger partial charge is 0.497 e. The molecular formula is C53H59ClF6N16O. The first-order valence-corrected chi connectivity index (χ1v) is 24.1. The first kappa shape index (κ1) is 59.2. The van der Waals surface area contributed by atoms with Gasteiger partial charge in [0.15, 0.2) is 0 Å². The van der Waals surface area contributed by atoms with Gasteiger partial charge in [0.2, 0.25) is 23.8 Å². The van der Waals surface area contributed by atoms with Crippen LogP contribution in [0.5, 0.6) is 5.75 Å². The molecule has 0 amide bonds. The third kappa shape index (κ3) is 15.4. The van der Waals surface area contributed by atoms with Crippen LogP contribution in [0, 0.1) is 0 Å². The molecule has 0 saturated heterocycles. The van der Waals surface area contributed by atoms with Crippen molar-refractivity contribution in [1.82, 2.24) is 39.9 Å². The molecule has 0 fully saturated rings. The Kier molecular flexibility index (Phi) is 19.7. The van der Waals surface area contributed by atoms with Crippen molar-refractivity contribution < 1.29 is 31.1 Å². The van der Waals surface area contributed by atoms with Gasteiger partial charge in [-0.2, -0.15) is 46.3 Å². The molecule has 0 unspecified atom stereocenters. The zero-order valence-electron chi connectivity index (χ0n) is 42.9. The zero-order chi connectivity index (χ0) is 56.9. The van der Waals surface area contributed by atoms with Crippen LogP contribution < -0.4 is 50.6 Å². The van der Waals surface area contributed by atoms with E-state index >= 15 is 0 Å². The summed E-state index contributed by atoms with van der Waals surface area (Å²) >= 11 is 5.88. The Morgan fingerprint density at radius 1 is 0.442 bits per heavy atom. The van der Waals surface area contributed by atoms with Crippen LogP contribution >= 0.6 is 11.6 Å². The number of hydrogen-bond donors (Lipinski definition) is 8. The topological polar surface area (TPSA) is 321 Å². The number of benzene rings is 4. The van der Waals surface area contributed by atoms with Crippen molar-refractivity contribution >= 4 is 58.7 Å². The molecular weight excluding hydrogens is 1030 g/mol. The first-order valence-electron chi connectivity index (χ1n) is 23.7. The van der Waals surface area contributed by atoms with Crippen molar-refractivity contribution in [2.45, 2.75) is 78.6 Å². The van der Waals surface area contributed by atoms with Gasteiger partial charge < -0.3 is 50.6 Å². The first-order chi connectivity index (χ1) is 36.3. The maximum absolute atomic E-state index is 12.6. The summed E-state index contributed by atoms with van der Waals surface area (Å²) in [6.07, 6.45) is -6.01. The Morgan fingerprint density at radius 3 is 1.09 bits per heavy atom. The van der Waals surface area contributed by atoms with Gasteiger partial charge in [0.1, 0.15) is 29.0 Å². The molecule has 16 N–H and O–H groups in total. The van der Waals surface area contributed by atoms with E-state index in [4.69, 9.17) is 62.2 Å². The van der Waals surface area contributed by atoms with E-state index in [1.54, 1.807) is 7.11 Å². The monoisotopic (exact) mass is 1080 g/mol. The van der Waals surface area contributed by atoms with E-state index in [-0.39, 0.29) is 41.3 Å². The molecule has 406 valence electrons. The smallest absolute Gasteiger partial charge is 0.416 e. The number of rotatable bonds is 10. The fourth-order valence-electron chi connectivity index (χ4n) is 7.77. The normalized spacial score (nSPS) is 11.1. The SMILES string of the molecule is CC(C)c1nc(N)nc(N)c1-c1ccc(Cl)cc1.CCCc1nc(N)nc(N)c1-c1ccc(C(F)(F)F)cc1.CCc1nc(N)nc(N)c1-c1ccc(C(F)(F)F)cc1.CCc1nc(N)nc(N)c1-c1ccc(OC)cc1. The molecule has 77 heavy (non-hydrogen) atoms. The molecule has 0 aliphatic carbocycles. The molecule has 0 aliphatic heterocycles. The maximum Gasteiger partial charge on any atom is 0.416 e. The van der Waals surface area contributed by atoms with E-state index in [0.717, 1.165) is 76.5 Å². The highest BCUT2D eigenvalue weighted by Gasteiger charge is 2.31.